The highest BCUT2D eigenvalue weighted by molar-refractivity contribution is 6.33. The average Bonchev–Trinajstić information content (AvgIpc) is 2.26. The molecule has 94 valence electrons. The van der Waals surface area contributed by atoms with Gasteiger partial charge in [-0.15, -0.1) is 0 Å². The van der Waals surface area contributed by atoms with Gasteiger partial charge in [0.15, 0.2) is 0 Å². The monoisotopic (exact) mass is 257 g/mol. The van der Waals surface area contributed by atoms with Crippen LogP contribution in [0, 0.1) is 0 Å². The fourth-order valence-corrected chi connectivity index (χ4v) is 1.32. The van der Waals surface area contributed by atoms with Gasteiger partial charge in [0, 0.05) is 12.5 Å². The maximum Gasteiger partial charge on any atom is 0.271 e. The molecule has 0 spiro atoms. The first-order valence-electron chi connectivity index (χ1n) is 5.40. The van der Waals surface area contributed by atoms with Crippen molar-refractivity contribution in [2.24, 2.45) is 0 Å². The summed E-state index contributed by atoms with van der Waals surface area (Å²) in [5.41, 5.74) is 0.144. The molecule has 0 aliphatic heterocycles. The van der Waals surface area contributed by atoms with Crippen LogP contribution in [0.15, 0.2) is 6.20 Å². The molecule has 1 rings (SSSR count). The Morgan fingerprint density at radius 1 is 1.53 bits per heavy atom. The lowest BCUT2D eigenvalue weighted by atomic mass is 10.2. The Labute approximate surface area is 105 Å². The first kappa shape index (κ1) is 13.9. The van der Waals surface area contributed by atoms with Crippen LogP contribution >= 0.6 is 11.6 Å². The van der Waals surface area contributed by atoms with Crippen LogP contribution in [0.4, 0.5) is 0 Å². The van der Waals surface area contributed by atoms with E-state index < -0.39 is 12.0 Å². The van der Waals surface area contributed by atoms with E-state index in [0.717, 1.165) is 0 Å². The lowest BCUT2D eigenvalue weighted by molar-refractivity contribution is 0.0918. The van der Waals surface area contributed by atoms with E-state index in [-0.39, 0.29) is 23.2 Å². The molecule has 0 aliphatic carbocycles. The van der Waals surface area contributed by atoms with Crippen molar-refractivity contribution in [3.05, 3.63) is 22.7 Å². The third kappa shape index (κ3) is 3.94. The van der Waals surface area contributed by atoms with Gasteiger partial charge in [-0.3, -0.25) is 4.79 Å². The van der Waals surface area contributed by atoms with Crippen molar-refractivity contribution in [1.82, 2.24) is 15.3 Å². The maximum absolute atomic E-state index is 11.7. The maximum atomic E-state index is 11.7. The highest BCUT2D eigenvalue weighted by Gasteiger charge is 2.15. The zero-order chi connectivity index (χ0) is 13.0. The first-order valence-corrected chi connectivity index (χ1v) is 5.78. The lowest BCUT2D eigenvalue weighted by Gasteiger charge is -2.09. The average molecular weight is 258 g/mol. The van der Waals surface area contributed by atoms with Crippen LogP contribution in [0.5, 0.6) is 0 Å². The Morgan fingerprint density at radius 3 is 2.71 bits per heavy atom. The molecule has 0 fully saturated rings. The molecule has 0 aromatic carbocycles. The predicted octanol–water partition coefficient (Wildman–Crippen LogP) is 1.36. The number of aliphatic hydroxyl groups is 1. The van der Waals surface area contributed by atoms with Gasteiger partial charge in [-0.1, -0.05) is 25.4 Å². The molecule has 6 heteroatoms. The topological polar surface area (TPSA) is 75.1 Å². The number of carbonyl (C=O) groups excluding carboxylic acids is 1. The van der Waals surface area contributed by atoms with E-state index in [4.69, 9.17) is 16.7 Å². The molecule has 1 aromatic heterocycles. The Hall–Kier alpha value is -1.20. The molecule has 17 heavy (non-hydrogen) atoms. The van der Waals surface area contributed by atoms with E-state index in [2.05, 4.69) is 15.3 Å². The van der Waals surface area contributed by atoms with Crippen molar-refractivity contribution in [2.75, 3.05) is 6.54 Å². The van der Waals surface area contributed by atoms with E-state index in [1.807, 2.05) is 13.8 Å². The van der Waals surface area contributed by atoms with Crippen molar-refractivity contribution in [3.63, 3.8) is 0 Å². The molecule has 1 amide bonds. The fourth-order valence-electron chi connectivity index (χ4n) is 1.14. The number of halogens is 1. The summed E-state index contributed by atoms with van der Waals surface area (Å²) < 4.78 is 0. The number of hydrogen-bond acceptors (Lipinski definition) is 4. The molecule has 0 radical (unpaired) electrons. The van der Waals surface area contributed by atoms with Crippen LogP contribution < -0.4 is 5.32 Å². The molecule has 0 saturated heterocycles. The summed E-state index contributed by atoms with van der Waals surface area (Å²) in [5.74, 6) is 0.285. The summed E-state index contributed by atoms with van der Waals surface area (Å²) in [4.78, 5) is 19.9. The number of aromatic nitrogens is 2. The third-order valence-corrected chi connectivity index (χ3v) is 2.33. The molecule has 1 atom stereocenters. The quantitative estimate of drug-likeness (QED) is 0.854. The summed E-state index contributed by atoms with van der Waals surface area (Å²) >= 11 is 5.86. The summed E-state index contributed by atoms with van der Waals surface area (Å²) in [6.07, 6.45) is 0.811. The van der Waals surface area contributed by atoms with Gasteiger partial charge in [0.25, 0.3) is 5.91 Å². The summed E-state index contributed by atoms with van der Waals surface area (Å²) in [6.45, 7) is 5.61. The Bertz CT molecular complexity index is 408. The highest BCUT2D eigenvalue weighted by atomic mass is 35.5. The second-order valence-corrected chi connectivity index (χ2v) is 4.55. The summed E-state index contributed by atoms with van der Waals surface area (Å²) in [7, 11) is 0. The smallest absolute Gasteiger partial charge is 0.271 e. The van der Waals surface area contributed by atoms with E-state index in [9.17, 15) is 4.79 Å². The van der Waals surface area contributed by atoms with Crippen molar-refractivity contribution >= 4 is 17.5 Å². The number of rotatable bonds is 4. The van der Waals surface area contributed by atoms with E-state index in [1.165, 1.54) is 6.20 Å². The predicted molar refractivity (Wildman–Crippen MR) is 65.1 cm³/mol. The first-order chi connectivity index (χ1) is 7.91. The normalized spacial score (nSPS) is 12.6. The van der Waals surface area contributed by atoms with E-state index in [0.29, 0.717) is 5.82 Å². The van der Waals surface area contributed by atoms with Crippen molar-refractivity contribution < 1.29 is 9.90 Å². The molecule has 2 N–H and O–H groups in total. The summed E-state index contributed by atoms with van der Waals surface area (Å²) in [5, 5.41) is 11.8. The van der Waals surface area contributed by atoms with Gasteiger partial charge >= 0.3 is 0 Å². The standard InChI is InChI=1S/C11H16ClN3O2/c1-6(2)10-13-5-8(12)9(15-10)11(17)14-4-7(3)16/h5-7,16H,4H2,1-3H3,(H,14,17). The van der Waals surface area contributed by atoms with Gasteiger partial charge in [-0.05, 0) is 6.92 Å². The Balaban J connectivity index is 2.88. The summed E-state index contributed by atoms with van der Waals surface area (Å²) in [6, 6.07) is 0. The van der Waals surface area contributed by atoms with E-state index in [1.54, 1.807) is 6.92 Å². The van der Waals surface area contributed by atoms with Crippen LogP contribution in [0.3, 0.4) is 0 Å². The van der Waals surface area contributed by atoms with Crippen LogP contribution in [-0.4, -0.2) is 33.6 Å². The number of carbonyl (C=O) groups is 1. The van der Waals surface area contributed by atoms with Gasteiger partial charge in [-0.25, -0.2) is 9.97 Å². The van der Waals surface area contributed by atoms with Crippen LogP contribution in [0.2, 0.25) is 5.02 Å². The highest BCUT2D eigenvalue weighted by Crippen LogP contribution is 2.16. The van der Waals surface area contributed by atoms with Gasteiger partial charge in [0.1, 0.15) is 11.5 Å². The number of aliphatic hydroxyl groups excluding tert-OH is 1. The number of amides is 1. The second-order valence-electron chi connectivity index (χ2n) is 4.14. The minimum Gasteiger partial charge on any atom is -0.392 e. The van der Waals surface area contributed by atoms with Crippen molar-refractivity contribution in [1.29, 1.82) is 0 Å². The number of nitrogens with zero attached hydrogens (tertiary/aromatic N) is 2. The molecular formula is C11H16ClN3O2. The zero-order valence-corrected chi connectivity index (χ0v) is 10.8. The van der Waals surface area contributed by atoms with Crippen LogP contribution in [0.25, 0.3) is 0 Å². The van der Waals surface area contributed by atoms with Gasteiger partial charge in [-0.2, -0.15) is 0 Å². The lowest BCUT2D eigenvalue weighted by Crippen LogP contribution is -2.31. The fraction of sp³-hybridized carbons (Fsp3) is 0.545. The number of hydrogen-bond donors (Lipinski definition) is 2. The van der Waals surface area contributed by atoms with E-state index >= 15 is 0 Å². The minimum absolute atomic E-state index is 0.121. The molecule has 0 bridgehead atoms. The zero-order valence-electron chi connectivity index (χ0n) is 10.1. The van der Waals surface area contributed by atoms with Crippen molar-refractivity contribution in [3.8, 4) is 0 Å². The molecule has 1 aromatic rings. The molecular weight excluding hydrogens is 242 g/mol. The van der Waals surface area contributed by atoms with Gasteiger partial charge < -0.3 is 10.4 Å². The minimum atomic E-state index is -0.607. The number of nitrogens with one attached hydrogen (secondary N) is 1. The molecule has 0 saturated carbocycles. The molecule has 1 heterocycles. The van der Waals surface area contributed by atoms with Crippen LogP contribution in [0.1, 0.15) is 43.0 Å². The molecule has 0 aliphatic rings. The third-order valence-electron chi connectivity index (χ3n) is 2.05. The van der Waals surface area contributed by atoms with Gasteiger partial charge in [0.2, 0.25) is 0 Å². The van der Waals surface area contributed by atoms with Gasteiger partial charge in [0.05, 0.1) is 17.3 Å². The largest absolute Gasteiger partial charge is 0.392 e. The Kier molecular flexibility index (Phi) is 4.84. The molecule has 1 unspecified atom stereocenters. The molecule has 5 nitrogen and oxygen atoms in total. The SMILES string of the molecule is CC(O)CNC(=O)c1nc(C(C)C)ncc1Cl. The van der Waals surface area contributed by atoms with Crippen LogP contribution in [-0.2, 0) is 0 Å². The second kappa shape index (κ2) is 5.93. The van der Waals surface area contributed by atoms with Crippen molar-refractivity contribution in [2.45, 2.75) is 32.8 Å². The Morgan fingerprint density at radius 2 is 2.18 bits per heavy atom.